The van der Waals surface area contributed by atoms with Crippen LogP contribution in [0.1, 0.15) is 19.3 Å². The van der Waals surface area contributed by atoms with Crippen molar-refractivity contribution in [3.05, 3.63) is 30.3 Å². The van der Waals surface area contributed by atoms with E-state index in [9.17, 15) is 18.0 Å². The number of nitrogens with one attached hydrogen (secondary N) is 2. The van der Waals surface area contributed by atoms with E-state index < -0.39 is 10.0 Å². The average molecular weight is 437 g/mol. The van der Waals surface area contributed by atoms with Gasteiger partial charge in [-0.1, -0.05) is 18.2 Å². The highest BCUT2D eigenvalue weighted by atomic mass is 32.2. The predicted molar refractivity (Wildman–Crippen MR) is 109 cm³/mol. The van der Waals surface area contributed by atoms with Crippen molar-refractivity contribution >= 4 is 21.8 Å². The summed E-state index contributed by atoms with van der Waals surface area (Å²) in [6.45, 7) is 3.32. The lowest BCUT2D eigenvalue weighted by molar-refractivity contribution is -0.136. The van der Waals surface area contributed by atoms with Crippen LogP contribution < -0.4 is 10.0 Å². The van der Waals surface area contributed by atoms with Crippen LogP contribution in [-0.4, -0.2) is 87.6 Å². The maximum absolute atomic E-state index is 12.7. The molecule has 0 radical (unpaired) electrons. The van der Waals surface area contributed by atoms with Crippen LogP contribution >= 0.6 is 0 Å². The standard InChI is InChI=1S/C20H28N4O5S/c25-19(23-8-10-29-11-9-23)7-6-16-13-21-20(26)18-12-15(14-24(16)18)22-30(27,28)17-4-2-1-3-5-17/h1-5,15-16,18,22H,6-14H2,(H,21,26)/t15-,16+,18-/m0/s1. The predicted octanol–water partition coefficient (Wildman–Crippen LogP) is -0.455. The highest BCUT2D eigenvalue weighted by molar-refractivity contribution is 7.89. The van der Waals surface area contributed by atoms with Gasteiger partial charge in [0, 0.05) is 44.7 Å². The molecule has 3 atom stereocenters. The molecule has 2 amide bonds. The van der Waals surface area contributed by atoms with E-state index >= 15 is 0 Å². The van der Waals surface area contributed by atoms with E-state index in [-0.39, 0.29) is 34.8 Å². The fourth-order valence-electron chi connectivity index (χ4n) is 4.48. The van der Waals surface area contributed by atoms with Gasteiger partial charge in [-0.2, -0.15) is 0 Å². The minimum absolute atomic E-state index is 0.0175. The first-order valence-corrected chi connectivity index (χ1v) is 11.9. The van der Waals surface area contributed by atoms with E-state index in [1.165, 1.54) is 0 Å². The summed E-state index contributed by atoms with van der Waals surface area (Å²) in [5.41, 5.74) is 0. The fourth-order valence-corrected chi connectivity index (χ4v) is 5.74. The van der Waals surface area contributed by atoms with Gasteiger partial charge >= 0.3 is 0 Å². The van der Waals surface area contributed by atoms with Crippen LogP contribution in [0.5, 0.6) is 0 Å². The lowest BCUT2D eigenvalue weighted by atomic mass is 10.0. The Hall–Kier alpha value is -2.01. The van der Waals surface area contributed by atoms with Crippen molar-refractivity contribution in [2.45, 2.75) is 42.3 Å². The molecule has 4 rings (SSSR count). The number of piperazine rings is 1. The lowest BCUT2D eigenvalue weighted by Gasteiger charge is -2.37. The van der Waals surface area contributed by atoms with Crippen molar-refractivity contribution in [2.24, 2.45) is 0 Å². The number of amides is 2. The zero-order valence-corrected chi connectivity index (χ0v) is 17.6. The van der Waals surface area contributed by atoms with Gasteiger partial charge in [0.15, 0.2) is 0 Å². The topological polar surface area (TPSA) is 108 Å². The molecule has 1 aromatic carbocycles. The van der Waals surface area contributed by atoms with Crippen LogP contribution in [0.25, 0.3) is 0 Å². The highest BCUT2D eigenvalue weighted by Crippen LogP contribution is 2.27. The zero-order valence-electron chi connectivity index (χ0n) is 16.8. The van der Waals surface area contributed by atoms with Crippen LogP contribution in [-0.2, 0) is 24.3 Å². The number of rotatable bonds is 6. The van der Waals surface area contributed by atoms with Gasteiger partial charge in [0.2, 0.25) is 21.8 Å². The first-order valence-electron chi connectivity index (χ1n) is 10.4. The number of nitrogens with zero attached hydrogens (tertiary/aromatic N) is 2. The second kappa shape index (κ2) is 9.01. The molecule has 1 aromatic rings. The summed E-state index contributed by atoms with van der Waals surface area (Å²) in [4.78, 5) is 28.9. The molecule has 3 saturated heterocycles. The van der Waals surface area contributed by atoms with Crippen LogP contribution in [0.4, 0.5) is 0 Å². The summed E-state index contributed by atoms with van der Waals surface area (Å²) in [7, 11) is -3.64. The lowest BCUT2D eigenvalue weighted by Crippen LogP contribution is -2.58. The minimum Gasteiger partial charge on any atom is -0.378 e. The molecule has 0 aliphatic carbocycles. The quantitative estimate of drug-likeness (QED) is 0.625. The summed E-state index contributed by atoms with van der Waals surface area (Å²) in [6.07, 6.45) is 1.46. The zero-order chi connectivity index (χ0) is 21.1. The number of sulfonamides is 1. The Morgan fingerprint density at radius 1 is 1.20 bits per heavy atom. The molecule has 3 aliphatic rings. The Balaban J connectivity index is 1.37. The molecule has 0 bridgehead atoms. The van der Waals surface area contributed by atoms with Crippen molar-refractivity contribution in [1.82, 2.24) is 19.8 Å². The maximum Gasteiger partial charge on any atom is 0.240 e. The second-order valence-corrected chi connectivity index (χ2v) is 9.72. The van der Waals surface area contributed by atoms with Gasteiger partial charge in [-0.05, 0) is 25.0 Å². The van der Waals surface area contributed by atoms with E-state index in [2.05, 4.69) is 14.9 Å². The fraction of sp³-hybridized carbons (Fsp3) is 0.600. The average Bonchev–Trinajstić information content (AvgIpc) is 3.18. The molecule has 0 unspecified atom stereocenters. The largest absolute Gasteiger partial charge is 0.378 e. The number of ether oxygens (including phenoxy) is 1. The Bertz CT molecular complexity index is 872. The number of benzene rings is 1. The number of morpholine rings is 1. The van der Waals surface area contributed by atoms with Gasteiger partial charge in [-0.3, -0.25) is 14.5 Å². The van der Waals surface area contributed by atoms with E-state index in [0.29, 0.717) is 58.7 Å². The van der Waals surface area contributed by atoms with Crippen molar-refractivity contribution < 1.29 is 22.7 Å². The first kappa shape index (κ1) is 21.2. The monoisotopic (exact) mass is 436 g/mol. The van der Waals surface area contributed by atoms with E-state index in [1.807, 2.05) is 4.90 Å². The Kier molecular flexibility index (Phi) is 6.37. The van der Waals surface area contributed by atoms with E-state index in [4.69, 9.17) is 4.74 Å². The molecular weight excluding hydrogens is 408 g/mol. The Labute approximate surface area is 176 Å². The molecule has 164 valence electrons. The highest BCUT2D eigenvalue weighted by Gasteiger charge is 2.44. The third-order valence-electron chi connectivity index (χ3n) is 6.05. The first-order chi connectivity index (χ1) is 14.4. The Morgan fingerprint density at radius 3 is 2.67 bits per heavy atom. The van der Waals surface area contributed by atoms with Crippen LogP contribution in [0.2, 0.25) is 0 Å². The number of hydrogen-bond acceptors (Lipinski definition) is 6. The molecule has 0 spiro atoms. The number of carbonyl (C=O) groups is 2. The molecule has 3 heterocycles. The molecule has 3 aliphatic heterocycles. The molecule has 9 nitrogen and oxygen atoms in total. The number of carbonyl (C=O) groups excluding carboxylic acids is 2. The molecule has 0 aromatic heterocycles. The van der Waals surface area contributed by atoms with Gasteiger partial charge in [0.05, 0.1) is 24.2 Å². The minimum atomic E-state index is -3.64. The molecule has 2 N–H and O–H groups in total. The third-order valence-corrected chi connectivity index (χ3v) is 7.59. The maximum atomic E-state index is 12.7. The summed E-state index contributed by atoms with van der Waals surface area (Å²) < 4.78 is 33.4. The van der Waals surface area contributed by atoms with Gasteiger partial charge in [-0.25, -0.2) is 13.1 Å². The molecular formula is C20H28N4O5S. The van der Waals surface area contributed by atoms with Crippen LogP contribution in [0.3, 0.4) is 0 Å². The van der Waals surface area contributed by atoms with Gasteiger partial charge in [0.1, 0.15) is 0 Å². The van der Waals surface area contributed by atoms with Crippen molar-refractivity contribution in [3.63, 3.8) is 0 Å². The molecule has 3 fully saturated rings. The molecule has 0 saturated carbocycles. The van der Waals surface area contributed by atoms with Crippen molar-refractivity contribution in [1.29, 1.82) is 0 Å². The van der Waals surface area contributed by atoms with Crippen molar-refractivity contribution in [3.8, 4) is 0 Å². The van der Waals surface area contributed by atoms with E-state index in [0.717, 1.165) is 0 Å². The number of hydrogen-bond donors (Lipinski definition) is 2. The Morgan fingerprint density at radius 2 is 1.93 bits per heavy atom. The normalized spacial score (nSPS) is 27.5. The van der Waals surface area contributed by atoms with Gasteiger partial charge in [0.25, 0.3) is 0 Å². The van der Waals surface area contributed by atoms with Gasteiger partial charge < -0.3 is 15.0 Å². The summed E-state index contributed by atoms with van der Waals surface area (Å²) >= 11 is 0. The van der Waals surface area contributed by atoms with E-state index in [1.54, 1.807) is 30.3 Å². The molecule has 30 heavy (non-hydrogen) atoms. The summed E-state index contributed by atoms with van der Waals surface area (Å²) in [5, 5.41) is 2.92. The SMILES string of the molecule is O=C1NC[C@@H](CCC(=O)N2CCOCC2)N2C[C@@H](NS(=O)(=O)c3ccccc3)C[C@@H]12. The summed E-state index contributed by atoms with van der Waals surface area (Å²) in [5.74, 6) is 0.0273. The van der Waals surface area contributed by atoms with Crippen molar-refractivity contribution in [2.75, 3.05) is 39.4 Å². The summed E-state index contributed by atoms with van der Waals surface area (Å²) in [6, 6.07) is 7.54. The second-order valence-electron chi connectivity index (χ2n) is 8.01. The smallest absolute Gasteiger partial charge is 0.240 e. The number of fused-ring (bicyclic) bond motifs is 1. The van der Waals surface area contributed by atoms with Crippen LogP contribution in [0.15, 0.2) is 35.2 Å². The van der Waals surface area contributed by atoms with Crippen LogP contribution in [0, 0.1) is 0 Å². The molecule has 10 heteroatoms. The third kappa shape index (κ3) is 4.66. The van der Waals surface area contributed by atoms with Gasteiger partial charge in [-0.15, -0.1) is 0 Å².